The zero-order valence-corrected chi connectivity index (χ0v) is 14.7. The number of rotatable bonds is 1. The molecular formula is C25H17NO. The average Bonchev–Trinajstić information content (AvgIpc) is 3.11. The topological polar surface area (TPSA) is 21.3 Å². The summed E-state index contributed by atoms with van der Waals surface area (Å²) >= 11 is 0. The van der Waals surface area contributed by atoms with Gasteiger partial charge in [0.05, 0.1) is 11.4 Å². The average molecular weight is 347 g/mol. The molecule has 0 atom stereocenters. The molecule has 2 aliphatic rings. The monoisotopic (exact) mass is 347 g/mol. The molecule has 1 aliphatic carbocycles. The lowest BCUT2D eigenvalue weighted by Gasteiger charge is -2.24. The van der Waals surface area contributed by atoms with Gasteiger partial charge in [-0.15, -0.1) is 0 Å². The highest BCUT2D eigenvalue weighted by Gasteiger charge is 2.25. The Hall–Kier alpha value is -3.52. The first kappa shape index (κ1) is 14.6. The molecule has 0 aromatic heterocycles. The van der Waals surface area contributed by atoms with E-state index < -0.39 is 0 Å². The number of hydrogen-bond donors (Lipinski definition) is 1. The lowest BCUT2D eigenvalue weighted by molar-refractivity contribution is 0.481. The summed E-state index contributed by atoms with van der Waals surface area (Å²) in [5, 5.41) is 3.59. The maximum Gasteiger partial charge on any atom is 0.151 e. The maximum absolute atomic E-state index is 6.16. The molecule has 27 heavy (non-hydrogen) atoms. The fraction of sp³-hybridized carbons (Fsp3) is 0.0400. The summed E-state index contributed by atoms with van der Waals surface area (Å²) in [4.78, 5) is 0. The van der Waals surface area contributed by atoms with Gasteiger partial charge in [-0.1, -0.05) is 66.7 Å². The van der Waals surface area contributed by atoms with Gasteiger partial charge in [-0.2, -0.15) is 0 Å². The number of nitrogens with one attached hydrogen (secondary N) is 1. The van der Waals surface area contributed by atoms with Crippen LogP contribution in [0.2, 0.25) is 0 Å². The third-order valence-corrected chi connectivity index (χ3v) is 5.53. The molecule has 0 amide bonds. The van der Waals surface area contributed by atoms with Gasteiger partial charge in [0.15, 0.2) is 11.5 Å². The number of ether oxygens (including phenoxy) is 1. The number of anilines is 2. The van der Waals surface area contributed by atoms with Crippen LogP contribution in [0, 0.1) is 0 Å². The van der Waals surface area contributed by atoms with Crippen LogP contribution in [0.4, 0.5) is 11.4 Å². The smallest absolute Gasteiger partial charge is 0.151 e. The molecule has 2 heteroatoms. The summed E-state index contributed by atoms with van der Waals surface area (Å²) in [5.74, 6) is 1.74. The molecular weight excluding hydrogens is 330 g/mol. The van der Waals surface area contributed by atoms with Crippen LogP contribution in [0.25, 0.3) is 22.3 Å². The standard InChI is InChI=1S/C25H17NO/c1-2-8-17-16(7-1)15-21-18(17)9-5-10-19(21)20-11-6-14-24-25(20)26-22-12-3-4-13-23(22)27-24/h1-14,26H,15H2. The fourth-order valence-corrected chi connectivity index (χ4v) is 4.29. The summed E-state index contributed by atoms with van der Waals surface area (Å²) in [6.07, 6.45) is 0.975. The molecule has 4 aromatic rings. The Kier molecular flexibility index (Phi) is 2.97. The van der Waals surface area contributed by atoms with Crippen molar-refractivity contribution in [3.8, 4) is 33.8 Å². The molecule has 0 unspecified atom stereocenters. The van der Waals surface area contributed by atoms with Crippen molar-refractivity contribution in [2.75, 3.05) is 5.32 Å². The first-order chi connectivity index (χ1) is 13.4. The molecule has 0 saturated carbocycles. The van der Waals surface area contributed by atoms with Crippen LogP contribution in [0.5, 0.6) is 11.5 Å². The normalized spacial score (nSPS) is 12.9. The summed E-state index contributed by atoms with van der Waals surface area (Å²) in [6, 6.07) is 29.7. The van der Waals surface area contributed by atoms with Crippen molar-refractivity contribution in [3.63, 3.8) is 0 Å². The van der Waals surface area contributed by atoms with Crippen LogP contribution < -0.4 is 10.1 Å². The van der Waals surface area contributed by atoms with Gasteiger partial charge < -0.3 is 10.1 Å². The summed E-state index contributed by atoms with van der Waals surface area (Å²) in [6.45, 7) is 0. The van der Waals surface area contributed by atoms with Crippen LogP contribution in [0.15, 0.2) is 84.9 Å². The van der Waals surface area contributed by atoms with E-state index in [1.807, 2.05) is 24.3 Å². The van der Waals surface area contributed by atoms with Crippen molar-refractivity contribution in [2.24, 2.45) is 0 Å². The zero-order valence-electron chi connectivity index (χ0n) is 14.7. The molecule has 0 fully saturated rings. The van der Waals surface area contributed by atoms with Crippen molar-refractivity contribution >= 4 is 11.4 Å². The van der Waals surface area contributed by atoms with E-state index in [2.05, 4.69) is 66.0 Å². The number of benzene rings is 4. The van der Waals surface area contributed by atoms with Crippen molar-refractivity contribution in [1.29, 1.82) is 0 Å². The quantitative estimate of drug-likeness (QED) is 0.354. The van der Waals surface area contributed by atoms with Gasteiger partial charge in [0.2, 0.25) is 0 Å². The van der Waals surface area contributed by atoms with Crippen LogP contribution >= 0.6 is 0 Å². The molecule has 2 nitrogen and oxygen atoms in total. The highest BCUT2D eigenvalue weighted by atomic mass is 16.5. The van der Waals surface area contributed by atoms with E-state index in [1.54, 1.807) is 0 Å². The highest BCUT2D eigenvalue weighted by molar-refractivity contribution is 5.93. The van der Waals surface area contributed by atoms with Gasteiger partial charge in [-0.3, -0.25) is 0 Å². The van der Waals surface area contributed by atoms with Gasteiger partial charge in [-0.05, 0) is 52.4 Å². The molecule has 0 spiro atoms. The van der Waals surface area contributed by atoms with Crippen molar-refractivity contribution in [3.05, 3.63) is 96.1 Å². The van der Waals surface area contributed by atoms with Crippen LogP contribution in [-0.2, 0) is 6.42 Å². The Morgan fingerprint density at radius 2 is 1.26 bits per heavy atom. The molecule has 128 valence electrons. The van der Waals surface area contributed by atoms with Crippen LogP contribution in [0.1, 0.15) is 11.1 Å². The minimum atomic E-state index is 0.868. The summed E-state index contributed by atoms with van der Waals surface area (Å²) < 4.78 is 6.16. The SMILES string of the molecule is c1ccc2c(c1)Cc1c-2cccc1-c1cccc2c1Nc1ccccc1O2. The molecule has 1 heterocycles. The lowest BCUT2D eigenvalue weighted by atomic mass is 9.94. The van der Waals surface area contributed by atoms with Gasteiger partial charge in [0, 0.05) is 5.56 Å². The predicted octanol–water partition coefficient (Wildman–Crippen LogP) is 6.77. The first-order valence-corrected chi connectivity index (χ1v) is 9.26. The summed E-state index contributed by atoms with van der Waals surface area (Å²) in [7, 11) is 0. The zero-order chi connectivity index (χ0) is 17.8. The van der Waals surface area contributed by atoms with Gasteiger partial charge >= 0.3 is 0 Å². The minimum Gasteiger partial charge on any atom is -0.453 e. The van der Waals surface area contributed by atoms with Crippen molar-refractivity contribution in [1.82, 2.24) is 0 Å². The summed E-state index contributed by atoms with van der Waals surface area (Å²) in [5.41, 5.74) is 10.0. The third kappa shape index (κ3) is 2.13. The Morgan fingerprint density at radius 1 is 0.593 bits per heavy atom. The molecule has 1 aliphatic heterocycles. The van der Waals surface area contributed by atoms with Gasteiger partial charge in [0.1, 0.15) is 0 Å². The minimum absolute atomic E-state index is 0.868. The van der Waals surface area contributed by atoms with Crippen molar-refractivity contribution in [2.45, 2.75) is 6.42 Å². The first-order valence-electron chi connectivity index (χ1n) is 9.26. The van der Waals surface area contributed by atoms with E-state index in [1.165, 1.54) is 33.4 Å². The van der Waals surface area contributed by atoms with Gasteiger partial charge in [0.25, 0.3) is 0 Å². The second-order valence-corrected chi connectivity index (χ2v) is 7.07. The van der Waals surface area contributed by atoms with Crippen LogP contribution in [0.3, 0.4) is 0 Å². The largest absolute Gasteiger partial charge is 0.453 e. The second kappa shape index (κ2) is 5.49. The van der Waals surface area contributed by atoms with E-state index >= 15 is 0 Å². The Balaban J connectivity index is 1.54. The van der Waals surface area contributed by atoms with E-state index in [0.717, 1.165) is 29.3 Å². The number of para-hydroxylation sites is 3. The number of fused-ring (bicyclic) bond motifs is 5. The van der Waals surface area contributed by atoms with E-state index in [0.29, 0.717) is 0 Å². The van der Waals surface area contributed by atoms with E-state index in [4.69, 9.17) is 4.74 Å². The Labute approximate surface area is 158 Å². The number of hydrogen-bond acceptors (Lipinski definition) is 2. The fourth-order valence-electron chi connectivity index (χ4n) is 4.29. The highest BCUT2D eigenvalue weighted by Crippen LogP contribution is 2.49. The molecule has 0 bridgehead atoms. The predicted molar refractivity (Wildman–Crippen MR) is 110 cm³/mol. The third-order valence-electron chi connectivity index (χ3n) is 5.53. The molecule has 0 radical (unpaired) electrons. The van der Waals surface area contributed by atoms with Crippen molar-refractivity contribution < 1.29 is 4.74 Å². The molecule has 6 rings (SSSR count). The van der Waals surface area contributed by atoms with E-state index in [9.17, 15) is 0 Å². The maximum atomic E-state index is 6.16. The lowest BCUT2D eigenvalue weighted by Crippen LogP contribution is -2.04. The second-order valence-electron chi connectivity index (χ2n) is 7.07. The molecule has 4 aromatic carbocycles. The Bertz CT molecular complexity index is 1210. The molecule has 0 saturated heterocycles. The van der Waals surface area contributed by atoms with E-state index in [-0.39, 0.29) is 0 Å². The van der Waals surface area contributed by atoms with Gasteiger partial charge in [-0.25, -0.2) is 0 Å². The molecule has 1 N–H and O–H groups in total. The Morgan fingerprint density at radius 3 is 2.22 bits per heavy atom. The van der Waals surface area contributed by atoms with Crippen LogP contribution in [-0.4, -0.2) is 0 Å².